The Morgan fingerprint density at radius 1 is 1.41 bits per heavy atom. The molecular weight excluding hydrogens is 261 g/mol. The van der Waals surface area contributed by atoms with Gasteiger partial charge in [0.2, 0.25) is 0 Å². The number of carbonyl (C=O) groups excluding carboxylic acids is 1. The third-order valence-corrected chi connectivity index (χ3v) is 2.58. The number of rotatable bonds is 1. The molecule has 0 radical (unpaired) electrons. The minimum absolute atomic E-state index is 0. The van der Waals surface area contributed by atoms with E-state index in [2.05, 4.69) is 17.2 Å². The van der Waals surface area contributed by atoms with E-state index in [4.69, 9.17) is 0 Å². The van der Waals surface area contributed by atoms with E-state index >= 15 is 0 Å². The van der Waals surface area contributed by atoms with Crippen molar-refractivity contribution in [2.75, 3.05) is 19.6 Å². The minimum atomic E-state index is 0. The van der Waals surface area contributed by atoms with Gasteiger partial charge in [0.05, 0.1) is 0 Å². The van der Waals surface area contributed by atoms with Gasteiger partial charge in [-0.2, -0.15) is 0 Å². The third kappa shape index (κ3) is 4.15. The topological polar surface area (TPSA) is 45.2 Å². The first kappa shape index (κ1) is 16.2. The lowest BCUT2D eigenvalue weighted by molar-refractivity contribution is 0.0709. The lowest BCUT2D eigenvalue weighted by Gasteiger charge is -2.31. The third-order valence-electron chi connectivity index (χ3n) is 2.58. The second-order valence-electron chi connectivity index (χ2n) is 3.84. The van der Waals surface area contributed by atoms with E-state index in [-0.39, 0.29) is 30.7 Å². The molecule has 0 bridgehead atoms. The first-order valence-corrected chi connectivity index (χ1v) is 5.20. The smallest absolute Gasteiger partial charge is 0.254 e. The van der Waals surface area contributed by atoms with Crippen molar-refractivity contribution in [1.29, 1.82) is 0 Å². The highest BCUT2D eigenvalue weighted by molar-refractivity contribution is 5.94. The quantitative estimate of drug-likeness (QED) is 0.843. The number of amides is 1. The molecular formula is C11H17Cl2N3O. The van der Waals surface area contributed by atoms with Crippen LogP contribution in [0.25, 0.3) is 0 Å². The van der Waals surface area contributed by atoms with Gasteiger partial charge in [0.1, 0.15) is 0 Å². The average molecular weight is 278 g/mol. The van der Waals surface area contributed by atoms with Crippen LogP contribution in [-0.2, 0) is 0 Å². The zero-order chi connectivity index (χ0) is 10.7. The van der Waals surface area contributed by atoms with Crippen molar-refractivity contribution in [2.24, 2.45) is 0 Å². The number of hydrogen-bond donors (Lipinski definition) is 1. The lowest BCUT2D eigenvalue weighted by atomic mass is 10.2. The molecule has 2 rings (SSSR count). The fourth-order valence-electron chi connectivity index (χ4n) is 1.79. The molecule has 1 unspecified atom stereocenters. The highest BCUT2D eigenvalue weighted by Crippen LogP contribution is 2.06. The van der Waals surface area contributed by atoms with Crippen LogP contribution in [0.1, 0.15) is 17.3 Å². The molecule has 1 aliphatic rings. The van der Waals surface area contributed by atoms with Crippen LogP contribution in [0.5, 0.6) is 0 Å². The monoisotopic (exact) mass is 277 g/mol. The van der Waals surface area contributed by atoms with Crippen molar-refractivity contribution in [2.45, 2.75) is 13.0 Å². The fraction of sp³-hybridized carbons (Fsp3) is 0.455. The normalized spacial score (nSPS) is 18.9. The van der Waals surface area contributed by atoms with Crippen LogP contribution < -0.4 is 5.32 Å². The van der Waals surface area contributed by atoms with E-state index < -0.39 is 0 Å². The van der Waals surface area contributed by atoms with E-state index in [0.29, 0.717) is 6.04 Å². The summed E-state index contributed by atoms with van der Waals surface area (Å²) < 4.78 is 0. The van der Waals surface area contributed by atoms with Gasteiger partial charge < -0.3 is 10.2 Å². The summed E-state index contributed by atoms with van der Waals surface area (Å²) in [4.78, 5) is 17.8. The van der Waals surface area contributed by atoms with Crippen molar-refractivity contribution < 1.29 is 4.79 Å². The average Bonchev–Trinajstić information content (AvgIpc) is 2.29. The van der Waals surface area contributed by atoms with Crippen LogP contribution in [0.15, 0.2) is 24.5 Å². The molecule has 1 saturated heterocycles. The van der Waals surface area contributed by atoms with Crippen molar-refractivity contribution >= 4 is 30.7 Å². The minimum Gasteiger partial charge on any atom is -0.336 e. The van der Waals surface area contributed by atoms with E-state index in [1.54, 1.807) is 24.5 Å². The maximum atomic E-state index is 12.0. The van der Waals surface area contributed by atoms with Crippen molar-refractivity contribution in [3.05, 3.63) is 30.1 Å². The molecule has 0 spiro atoms. The van der Waals surface area contributed by atoms with Gasteiger partial charge in [-0.1, -0.05) is 0 Å². The molecule has 1 fully saturated rings. The second kappa shape index (κ2) is 7.48. The Kier molecular flexibility index (Phi) is 7.11. The summed E-state index contributed by atoms with van der Waals surface area (Å²) in [5, 5.41) is 3.31. The molecule has 4 nitrogen and oxygen atoms in total. The SMILES string of the molecule is CC1CN(C(=O)c2ccncc2)CCN1.Cl.Cl. The molecule has 1 aromatic rings. The molecule has 17 heavy (non-hydrogen) atoms. The van der Waals surface area contributed by atoms with Crippen LogP contribution in [0.2, 0.25) is 0 Å². The largest absolute Gasteiger partial charge is 0.336 e. The molecule has 1 atom stereocenters. The summed E-state index contributed by atoms with van der Waals surface area (Å²) in [6.07, 6.45) is 3.30. The van der Waals surface area contributed by atoms with E-state index in [0.717, 1.165) is 25.2 Å². The number of nitrogens with zero attached hydrogens (tertiary/aromatic N) is 2. The van der Waals surface area contributed by atoms with Gasteiger partial charge >= 0.3 is 0 Å². The van der Waals surface area contributed by atoms with Gasteiger partial charge in [0.25, 0.3) is 5.91 Å². The molecule has 2 heterocycles. The molecule has 1 aliphatic heterocycles. The summed E-state index contributed by atoms with van der Waals surface area (Å²) in [7, 11) is 0. The predicted octanol–water partition coefficient (Wildman–Crippen LogP) is 1.36. The second-order valence-corrected chi connectivity index (χ2v) is 3.84. The fourth-order valence-corrected chi connectivity index (χ4v) is 1.79. The Morgan fingerprint density at radius 2 is 2.06 bits per heavy atom. The van der Waals surface area contributed by atoms with Crippen LogP contribution in [0.4, 0.5) is 0 Å². The van der Waals surface area contributed by atoms with Gasteiger partial charge in [-0.15, -0.1) is 24.8 Å². The van der Waals surface area contributed by atoms with Crippen LogP contribution >= 0.6 is 24.8 Å². The summed E-state index contributed by atoms with van der Waals surface area (Å²) in [6.45, 7) is 4.52. The van der Waals surface area contributed by atoms with E-state index in [9.17, 15) is 4.79 Å². The molecule has 96 valence electrons. The molecule has 6 heteroatoms. The van der Waals surface area contributed by atoms with Crippen molar-refractivity contribution in [1.82, 2.24) is 15.2 Å². The number of nitrogens with one attached hydrogen (secondary N) is 1. The number of carbonyl (C=O) groups is 1. The van der Waals surface area contributed by atoms with Gasteiger partial charge in [-0.25, -0.2) is 0 Å². The molecule has 0 aliphatic carbocycles. The maximum Gasteiger partial charge on any atom is 0.254 e. The van der Waals surface area contributed by atoms with Gasteiger partial charge in [0.15, 0.2) is 0 Å². The Labute approximate surface area is 114 Å². The number of pyridine rings is 1. The highest BCUT2D eigenvalue weighted by Gasteiger charge is 2.21. The Balaban J connectivity index is 0.00000128. The Morgan fingerprint density at radius 3 is 2.65 bits per heavy atom. The molecule has 1 N–H and O–H groups in total. The van der Waals surface area contributed by atoms with Crippen LogP contribution in [-0.4, -0.2) is 41.5 Å². The number of hydrogen-bond acceptors (Lipinski definition) is 3. The predicted molar refractivity (Wildman–Crippen MR) is 72.1 cm³/mol. The van der Waals surface area contributed by atoms with Crippen molar-refractivity contribution in [3.63, 3.8) is 0 Å². The highest BCUT2D eigenvalue weighted by atomic mass is 35.5. The standard InChI is InChI=1S/C11H15N3O.2ClH/c1-9-8-14(7-6-13-9)11(15)10-2-4-12-5-3-10;;/h2-5,9,13H,6-8H2,1H3;2*1H. The lowest BCUT2D eigenvalue weighted by Crippen LogP contribution is -2.51. The summed E-state index contributed by atoms with van der Waals surface area (Å²) in [5.41, 5.74) is 0.721. The summed E-state index contributed by atoms with van der Waals surface area (Å²) in [6, 6.07) is 3.90. The zero-order valence-electron chi connectivity index (χ0n) is 9.63. The van der Waals surface area contributed by atoms with Crippen molar-refractivity contribution in [3.8, 4) is 0 Å². The van der Waals surface area contributed by atoms with Gasteiger partial charge in [-0.3, -0.25) is 9.78 Å². The Bertz CT molecular complexity index is 348. The number of piperazine rings is 1. The molecule has 1 amide bonds. The van der Waals surface area contributed by atoms with Gasteiger partial charge in [-0.05, 0) is 19.1 Å². The first-order valence-electron chi connectivity index (χ1n) is 5.20. The van der Waals surface area contributed by atoms with Crippen LogP contribution in [0, 0.1) is 0 Å². The summed E-state index contributed by atoms with van der Waals surface area (Å²) in [5.74, 6) is 0.103. The number of aromatic nitrogens is 1. The summed E-state index contributed by atoms with van der Waals surface area (Å²) >= 11 is 0. The first-order chi connectivity index (χ1) is 7.27. The maximum absolute atomic E-state index is 12.0. The molecule has 1 aromatic heterocycles. The van der Waals surface area contributed by atoms with Crippen LogP contribution in [0.3, 0.4) is 0 Å². The van der Waals surface area contributed by atoms with E-state index in [1.165, 1.54) is 0 Å². The van der Waals surface area contributed by atoms with Gasteiger partial charge in [0, 0.05) is 43.6 Å². The van der Waals surface area contributed by atoms with E-state index in [1.807, 2.05) is 4.90 Å². The molecule has 0 aromatic carbocycles. The zero-order valence-corrected chi connectivity index (χ0v) is 11.3. The Hall–Kier alpha value is -0.840. The number of halogens is 2. The molecule has 0 saturated carbocycles.